The van der Waals surface area contributed by atoms with Crippen LogP contribution in [0.15, 0.2) is 22.7 Å². The number of hydrogen-bond acceptors (Lipinski definition) is 3. The van der Waals surface area contributed by atoms with E-state index in [0.717, 1.165) is 15.5 Å². The highest BCUT2D eigenvalue weighted by Gasteiger charge is 2.06. The molecule has 1 heterocycles. The number of para-hydroxylation sites is 1. The second-order valence-corrected chi connectivity index (χ2v) is 3.37. The van der Waals surface area contributed by atoms with Gasteiger partial charge in [-0.05, 0) is 28.1 Å². The first kappa shape index (κ1) is 8.20. The van der Waals surface area contributed by atoms with Gasteiger partial charge in [0, 0.05) is 4.47 Å². The molecule has 13 heavy (non-hydrogen) atoms. The number of fused-ring (bicyclic) bond motifs is 1. The molecule has 0 amide bonds. The van der Waals surface area contributed by atoms with Crippen LogP contribution in [0.4, 0.5) is 0 Å². The summed E-state index contributed by atoms with van der Waals surface area (Å²) in [6.45, 7) is 0.221. The lowest BCUT2D eigenvalue weighted by Gasteiger charge is -1.96. The van der Waals surface area contributed by atoms with Gasteiger partial charge in [0.15, 0.2) is 0 Å². The summed E-state index contributed by atoms with van der Waals surface area (Å²) in [5.74, 6) is 0. The molecule has 0 atom stereocenters. The molecule has 0 saturated carbocycles. The Bertz CT molecular complexity index is 482. The van der Waals surface area contributed by atoms with Crippen molar-refractivity contribution >= 4 is 27.0 Å². The molecule has 4 nitrogen and oxygen atoms in total. The van der Waals surface area contributed by atoms with Gasteiger partial charge in [-0.1, -0.05) is 11.3 Å². The molecule has 1 aromatic carbocycles. The topological polar surface area (TPSA) is 54.5 Å². The molecule has 2 aromatic rings. The summed E-state index contributed by atoms with van der Waals surface area (Å²) in [5, 5.41) is 16.3. The van der Waals surface area contributed by atoms with Crippen molar-refractivity contribution in [1.29, 1.82) is 5.26 Å². The smallest absolute Gasteiger partial charge is 0.130 e. The van der Waals surface area contributed by atoms with Crippen LogP contribution in [0.3, 0.4) is 0 Å². The van der Waals surface area contributed by atoms with Crippen LogP contribution in [-0.2, 0) is 6.54 Å². The lowest BCUT2D eigenvalue weighted by atomic mass is 10.3. The van der Waals surface area contributed by atoms with E-state index in [9.17, 15) is 0 Å². The van der Waals surface area contributed by atoms with Crippen molar-refractivity contribution in [3.05, 3.63) is 22.7 Å². The third-order valence-electron chi connectivity index (χ3n) is 1.70. The first-order chi connectivity index (χ1) is 6.33. The monoisotopic (exact) mass is 236 g/mol. The molecule has 0 saturated heterocycles. The zero-order valence-corrected chi connectivity index (χ0v) is 8.19. The molecule has 0 radical (unpaired) electrons. The van der Waals surface area contributed by atoms with Gasteiger partial charge in [0.1, 0.15) is 17.6 Å². The number of halogens is 1. The fraction of sp³-hybridized carbons (Fsp3) is 0.125. The van der Waals surface area contributed by atoms with Gasteiger partial charge in [-0.2, -0.15) is 5.26 Å². The Labute approximate surface area is 82.9 Å². The molecule has 64 valence electrons. The van der Waals surface area contributed by atoms with Gasteiger partial charge < -0.3 is 0 Å². The Morgan fingerprint density at radius 2 is 2.38 bits per heavy atom. The van der Waals surface area contributed by atoms with Gasteiger partial charge in [-0.3, -0.25) is 0 Å². The molecule has 0 aliphatic carbocycles. The molecule has 0 N–H and O–H groups in total. The number of nitrogens with zero attached hydrogens (tertiary/aromatic N) is 4. The van der Waals surface area contributed by atoms with Gasteiger partial charge in [0.2, 0.25) is 0 Å². The summed E-state index contributed by atoms with van der Waals surface area (Å²) < 4.78 is 2.48. The highest BCUT2D eigenvalue weighted by molar-refractivity contribution is 9.10. The Kier molecular flexibility index (Phi) is 1.99. The molecular formula is C8H5BrN4. The zero-order chi connectivity index (χ0) is 9.26. The molecule has 0 unspecified atom stereocenters. The van der Waals surface area contributed by atoms with E-state index in [4.69, 9.17) is 5.26 Å². The van der Waals surface area contributed by atoms with E-state index in [1.807, 2.05) is 24.3 Å². The maximum Gasteiger partial charge on any atom is 0.130 e. The molecule has 0 aliphatic rings. The predicted molar refractivity (Wildman–Crippen MR) is 50.8 cm³/mol. The first-order valence-electron chi connectivity index (χ1n) is 3.67. The minimum Gasteiger partial charge on any atom is -0.229 e. The molecular weight excluding hydrogens is 232 g/mol. The van der Waals surface area contributed by atoms with Crippen LogP contribution in [-0.4, -0.2) is 15.0 Å². The van der Waals surface area contributed by atoms with Crippen molar-refractivity contribution in [1.82, 2.24) is 15.0 Å². The van der Waals surface area contributed by atoms with E-state index in [1.54, 1.807) is 4.68 Å². The summed E-state index contributed by atoms with van der Waals surface area (Å²) in [5.41, 5.74) is 1.66. The Morgan fingerprint density at radius 1 is 1.54 bits per heavy atom. The number of hydrogen-bond donors (Lipinski definition) is 0. The van der Waals surface area contributed by atoms with Crippen molar-refractivity contribution in [3.8, 4) is 6.07 Å². The van der Waals surface area contributed by atoms with Crippen molar-refractivity contribution in [2.45, 2.75) is 6.54 Å². The summed E-state index contributed by atoms with van der Waals surface area (Å²) in [4.78, 5) is 0. The highest BCUT2D eigenvalue weighted by Crippen LogP contribution is 2.21. The normalized spacial score (nSPS) is 10.2. The number of aromatic nitrogens is 3. The van der Waals surface area contributed by atoms with E-state index >= 15 is 0 Å². The second kappa shape index (κ2) is 3.15. The lowest BCUT2D eigenvalue weighted by Crippen LogP contribution is -1.97. The van der Waals surface area contributed by atoms with Gasteiger partial charge in [-0.25, -0.2) is 4.68 Å². The van der Waals surface area contributed by atoms with Crippen LogP contribution in [0, 0.1) is 11.3 Å². The first-order valence-corrected chi connectivity index (χ1v) is 4.47. The van der Waals surface area contributed by atoms with Crippen LogP contribution in [0.5, 0.6) is 0 Å². The maximum atomic E-state index is 8.53. The minimum absolute atomic E-state index is 0.221. The van der Waals surface area contributed by atoms with E-state index < -0.39 is 0 Å². The summed E-state index contributed by atoms with van der Waals surface area (Å²) >= 11 is 3.39. The van der Waals surface area contributed by atoms with Crippen molar-refractivity contribution in [2.75, 3.05) is 0 Å². The fourth-order valence-corrected chi connectivity index (χ4v) is 1.73. The quantitative estimate of drug-likeness (QED) is 0.758. The summed E-state index contributed by atoms with van der Waals surface area (Å²) in [7, 11) is 0. The van der Waals surface area contributed by atoms with Crippen LogP contribution in [0.1, 0.15) is 0 Å². The minimum atomic E-state index is 0.221. The lowest BCUT2D eigenvalue weighted by molar-refractivity contribution is 0.688. The molecule has 0 fully saturated rings. The number of nitriles is 1. The third-order valence-corrected chi connectivity index (χ3v) is 2.34. The third kappa shape index (κ3) is 1.29. The summed E-state index contributed by atoms with van der Waals surface area (Å²) in [6, 6.07) is 7.68. The Hall–Kier alpha value is -1.41. The number of benzene rings is 1. The van der Waals surface area contributed by atoms with Gasteiger partial charge in [0.25, 0.3) is 0 Å². The average molecular weight is 237 g/mol. The maximum absolute atomic E-state index is 8.53. The SMILES string of the molecule is N#CCn1nnc2cccc(Br)c21. The van der Waals surface area contributed by atoms with Crippen molar-refractivity contribution < 1.29 is 0 Å². The van der Waals surface area contributed by atoms with Crippen molar-refractivity contribution in [3.63, 3.8) is 0 Å². The fourth-order valence-electron chi connectivity index (χ4n) is 1.16. The van der Waals surface area contributed by atoms with E-state index in [-0.39, 0.29) is 6.54 Å². The van der Waals surface area contributed by atoms with Crippen LogP contribution < -0.4 is 0 Å². The molecule has 2 rings (SSSR count). The molecule has 1 aromatic heterocycles. The second-order valence-electron chi connectivity index (χ2n) is 2.51. The van der Waals surface area contributed by atoms with Gasteiger partial charge in [0.05, 0.1) is 6.07 Å². The number of rotatable bonds is 1. The molecule has 0 aliphatic heterocycles. The predicted octanol–water partition coefficient (Wildman–Crippen LogP) is 1.72. The zero-order valence-electron chi connectivity index (χ0n) is 6.61. The van der Waals surface area contributed by atoms with Crippen molar-refractivity contribution in [2.24, 2.45) is 0 Å². The van der Waals surface area contributed by atoms with Crippen LogP contribution >= 0.6 is 15.9 Å². The molecule has 0 spiro atoms. The Morgan fingerprint density at radius 3 is 3.15 bits per heavy atom. The van der Waals surface area contributed by atoms with Crippen LogP contribution in [0.2, 0.25) is 0 Å². The Balaban J connectivity index is 2.73. The standard InChI is InChI=1S/C8H5BrN4/c9-6-2-1-3-7-8(6)13(5-4-10)12-11-7/h1-3H,5H2. The summed E-state index contributed by atoms with van der Waals surface area (Å²) in [6.07, 6.45) is 0. The van der Waals surface area contributed by atoms with Crippen LogP contribution in [0.25, 0.3) is 11.0 Å². The van der Waals surface area contributed by atoms with Gasteiger partial charge in [-0.15, -0.1) is 5.10 Å². The van der Waals surface area contributed by atoms with E-state index in [0.29, 0.717) is 0 Å². The average Bonchev–Trinajstić information content (AvgIpc) is 2.51. The van der Waals surface area contributed by atoms with E-state index in [1.165, 1.54) is 0 Å². The van der Waals surface area contributed by atoms with E-state index in [2.05, 4.69) is 26.2 Å². The molecule has 0 bridgehead atoms. The largest absolute Gasteiger partial charge is 0.229 e. The molecule has 5 heteroatoms. The van der Waals surface area contributed by atoms with Gasteiger partial charge >= 0.3 is 0 Å². The highest BCUT2D eigenvalue weighted by atomic mass is 79.9.